The molecule has 3 nitrogen and oxygen atoms in total. The summed E-state index contributed by atoms with van der Waals surface area (Å²) in [6.45, 7) is 3.92. The standard InChI is InChI=1S/C16H23NO2S/c1-12-5-3-4-6-13(12)11-20-10-9-16(2,15(18)19)17-14-7-8-14/h3-6,14,17H,7-11H2,1-2H3,(H,18,19). The molecule has 1 aromatic carbocycles. The maximum atomic E-state index is 11.4. The molecule has 4 heteroatoms. The third-order valence-electron chi connectivity index (χ3n) is 3.84. The molecule has 0 bridgehead atoms. The van der Waals surface area contributed by atoms with Crippen molar-refractivity contribution in [2.24, 2.45) is 0 Å². The van der Waals surface area contributed by atoms with E-state index < -0.39 is 11.5 Å². The first kappa shape index (κ1) is 15.4. The first-order valence-corrected chi connectivity index (χ1v) is 8.30. The molecule has 1 unspecified atom stereocenters. The lowest BCUT2D eigenvalue weighted by atomic mass is 9.99. The number of hydrogen-bond acceptors (Lipinski definition) is 3. The maximum absolute atomic E-state index is 11.4. The number of nitrogens with one attached hydrogen (secondary N) is 1. The summed E-state index contributed by atoms with van der Waals surface area (Å²) < 4.78 is 0. The molecule has 1 aliphatic rings. The van der Waals surface area contributed by atoms with Gasteiger partial charge in [-0.15, -0.1) is 0 Å². The highest BCUT2D eigenvalue weighted by molar-refractivity contribution is 7.98. The normalized spacial score (nSPS) is 17.7. The Labute approximate surface area is 125 Å². The van der Waals surface area contributed by atoms with Crippen molar-refractivity contribution in [3.8, 4) is 0 Å². The Balaban J connectivity index is 1.78. The summed E-state index contributed by atoms with van der Waals surface area (Å²) in [7, 11) is 0. The molecule has 0 saturated heterocycles. The van der Waals surface area contributed by atoms with Crippen LogP contribution in [0.4, 0.5) is 0 Å². The number of carboxylic acids is 1. The van der Waals surface area contributed by atoms with E-state index in [9.17, 15) is 9.90 Å². The smallest absolute Gasteiger partial charge is 0.323 e. The highest BCUT2D eigenvalue weighted by atomic mass is 32.2. The van der Waals surface area contributed by atoms with Gasteiger partial charge in [-0.3, -0.25) is 10.1 Å². The van der Waals surface area contributed by atoms with Crippen LogP contribution in [-0.4, -0.2) is 28.4 Å². The van der Waals surface area contributed by atoms with Gasteiger partial charge in [0.2, 0.25) is 0 Å². The topological polar surface area (TPSA) is 49.3 Å². The number of benzene rings is 1. The average Bonchev–Trinajstić information content (AvgIpc) is 3.20. The van der Waals surface area contributed by atoms with Crippen LogP contribution in [-0.2, 0) is 10.5 Å². The van der Waals surface area contributed by atoms with E-state index in [0.717, 1.165) is 24.3 Å². The van der Waals surface area contributed by atoms with Crippen LogP contribution in [0.1, 0.15) is 37.3 Å². The molecule has 0 heterocycles. The van der Waals surface area contributed by atoms with E-state index in [0.29, 0.717) is 12.5 Å². The molecule has 0 spiro atoms. The van der Waals surface area contributed by atoms with Crippen LogP contribution in [0.5, 0.6) is 0 Å². The molecule has 0 aliphatic heterocycles. The maximum Gasteiger partial charge on any atom is 0.323 e. The van der Waals surface area contributed by atoms with Crippen LogP contribution in [0, 0.1) is 6.92 Å². The Morgan fingerprint density at radius 1 is 1.45 bits per heavy atom. The van der Waals surface area contributed by atoms with Crippen LogP contribution in [0.2, 0.25) is 0 Å². The molecule has 1 saturated carbocycles. The molecule has 1 aliphatic carbocycles. The Kier molecular flexibility index (Phi) is 5.11. The van der Waals surface area contributed by atoms with Crippen LogP contribution in [0.15, 0.2) is 24.3 Å². The highest BCUT2D eigenvalue weighted by Gasteiger charge is 2.37. The number of carboxylic acid groups (broad SMARTS) is 1. The van der Waals surface area contributed by atoms with Crippen molar-refractivity contribution in [2.75, 3.05) is 5.75 Å². The zero-order valence-electron chi connectivity index (χ0n) is 12.2. The van der Waals surface area contributed by atoms with Crippen molar-refractivity contribution in [1.82, 2.24) is 5.32 Å². The van der Waals surface area contributed by atoms with Crippen LogP contribution in [0.25, 0.3) is 0 Å². The third kappa shape index (κ3) is 4.25. The van der Waals surface area contributed by atoms with Crippen LogP contribution in [0.3, 0.4) is 0 Å². The first-order chi connectivity index (χ1) is 9.51. The minimum atomic E-state index is -0.778. The fourth-order valence-electron chi connectivity index (χ4n) is 2.15. The van der Waals surface area contributed by atoms with Gasteiger partial charge in [0.15, 0.2) is 0 Å². The third-order valence-corrected chi connectivity index (χ3v) is 4.85. The fraction of sp³-hybridized carbons (Fsp3) is 0.562. The second-order valence-corrected chi connectivity index (χ2v) is 6.89. The molecule has 1 atom stereocenters. The lowest BCUT2D eigenvalue weighted by Crippen LogP contribution is -2.50. The number of aryl methyl sites for hydroxylation is 1. The van der Waals surface area contributed by atoms with E-state index in [1.165, 1.54) is 11.1 Å². The molecule has 0 amide bonds. The number of thioether (sulfide) groups is 1. The monoisotopic (exact) mass is 293 g/mol. The molecular formula is C16H23NO2S. The number of hydrogen-bond donors (Lipinski definition) is 2. The first-order valence-electron chi connectivity index (χ1n) is 7.14. The Morgan fingerprint density at radius 3 is 2.75 bits per heavy atom. The lowest BCUT2D eigenvalue weighted by Gasteiger charge is -2.26. The molecule has 20 heavy (non-hydrogen) atoms. The van der Waals surface area contributed by atoms with E-state index in [1.807, 2.05) is 24.8 Å². The quantitative estimate of drug-likeness (QED) is 0.723. The lowest BCUT2D eigenvalue weighted by molar-refractivity contribution is -0.144. The number of aliphatic carboxylic acids is 1. The molecule has 110 valence electrons. The zero-order chi connectivity index (χ0) is 14.6. The minimum Gasteiger partial charge on any atom is -0.480 e. The predicted octanol–water partition coefficient (Wildman–Crippen LogP) is 3.21. The van der Waals surface area contributed by atoms with Crippen LogP contribution >= 0.6 is 11.8 Å². The van der Waals surface area contributed by atoms with E-state index in [4.69, 9.17) is 0 Å². The largest absolute Gasteiger partial charge is 0.480 e. The van der Waals surface area contributed by atoms with Crippen molar-refractivity contribution < 1.29 is 9.90 Å². The second-order valence-electron chi connectivity index (χ2n) is 5.78. The fourth-order valence-corrected chi connectivity index (χ4v) is 3.39. The van der Waals surface area contributed by atoms with Crippen molar-refractivity contribution in [3.63, 3.8) is 0 Å². The van der Waals surface area contributed by atoms with Crippen molar-refractivity contribution in [1.29, 1.82) is 0 Å². The summed E-state index contributed by atoms with van der Waals surface area (Å²) in [6.07, 6.45) is 2.88. The summed E-state index contributed by atoms with van der Waals surface area (Å²) in [6, 6.07) is 8.77. The molecule has 0 radical (unpaired) electrons. The summed E-state index contributed by atoms with van der Waals surface area (Å²) >= 11 is 1.81. The molecule has 1 fully saturated rings. The van der Waals surface area contributed by atoms with Gasteiger partial charge in [0.25, 0.3) is 0 Å². The van der Waals surface area contributed by atoms with E-state index in [1.54, 1.807) is 0 Å². The highest BCUT2D eigenvalue weighted by Crippen LogP contribution is 2.26. The van der Waals surface area contributed by atoms with Crippen molar-refractivity contribution in [3.05, 3.63) is 35.4 Å². The Morgan fingerprint density at radius 2 is 2.15 bits per heavy atom. The van der Waals surface area contributed by atoms with Crippen molar-refractivity contribution in [2.45, 2.75) is 50.4 Å². The van der Waals surface area contributed by atoms with Gasteiger partial charge < -0.3 is 5.11 Å². The van der Waals surface area contributed by atoms with Gasteiger partial charge in [0.1, 0.15) is 5.54 Å². The SMILES string of the molecule is Cc1ccccc1CSCCC(C)(NC1CC1)C(=O)O. The molecule has 2 N–H and O–H groups in total. The minimum absolute atomic E-state index is 0.414. The zero-order valence-corrected chi connectivity index (χ0v) is 13.0. The summed E-state index contributed by atoms with van der Waals surface area (Å²) in [4.78, 5) is 11.4. The van der Waals surface area contributed by atoms with Crippen molar-refractivity contribution >= 4 is 17.7 Å². The van der Waals surface area contributed by atoms with Gasteiger partial charge in [0, 0.05) is 11.8 Å². The molecule has 1 aromatic rings. The number of carbonyl (C=O) groups is 1. The van der Waals surface area contributed by atoms with Gasteiger partial charge >= 0.3 is 5.97 Å². The van der Waals surface area contributed by atoms with E-state index in [2.05, 4.69) is 30.4 Å². The summed E-state index contributed by atoms with van der Waals surface area (Å²) in [5, 5.41) is 12.7. The predicted molar refractivity (Wildman–Crippen MR) is 84.2 cm³/mol. The second kappa shape index (κ2) is 6.64. The van der Waals surface area contributed by atoms with Gasteiger partial charge in [-0.05, 0) is 50.0 Å². The Hall–Kier alpha value is -1.00. The van der Waals surface area contributed by atoms with Gasteiger partial charge in [-0.25, -0.2) is 0 Å². The molecular weight excluding hydrogens is 270 g/mol. The summed E-state index contributed by atoms with van der Waals surface area (Å²) in [5.74, 6) is 1.07. The Bertz CT molecular complexity index is 473. The summed E-state index contributed by atoms with van der Waals surface area (Å²) in [5.41, 5.74) is 1.86. The van der Waals surface area contributed by atoms with E-state index >= 15 is 0 Å². The molecule has 2 rings (SSSR count). The van der Waals surface area contributed by atoms with Crippen LogP contribution < -0.4 is 5.32 Å². The molecule has 0 aromatic heterocycles. The van der Waals surface area contributed by atoms with Gasteiger partial charge in [-0.1, -0.05) is 24.3 Å². The van der Waals surface area contributed by atoms with Gasteiger partial charge in [-0.2, -0.15) is 11.8 Å². The average molecular weight is 293 g/mol. The number of rotatable bonds is 8. The van der Waals surface area contributed by atoms with E-state index in [-0.39, 0.29) is 0 Å². The van der Waals surface area contributed by atoms with Gasteiger partial charge in [0.05, 0.1) is 0 Å².